The molecule has 0 aliphatic carbocycles. The summed E-state index contributed by atoms with van der Waals surface area (Å²) in [6, 6.07) is 8.44. The van der Waals surface area contributed by atoms with Crippen LogP contribution in [0.25, 0.3) is 0 Å². The van der Waals surface area contributed by atoms with Crippen LogP contribution in [0.3, 0.4) is 0 Å². The monoisotopic (exact) mass is 293 g/mol. The minimum atomic E-state index is 0.134. The molecule has 2 rings (SSSR count). The number of anilines is 1. The van der Waals surface area contributed by atoms with Gasteiger partial charge >= 0.3 is 0 Å². The fourth-order valence-electron chi connectivity index (χ4n) is 1.85. The molecule has 0 atom stereocenters. The normalized spacial score (nSPS) is 11.6. The van der Waals surface area contributed by atoms with Gasteiger partial charge in [0, 0.05) is 5.69 Å². The smallest absolute Gasteiger partial charge is 0.174 e. The highest BCUT2D eigenvalue weighted by molar-refractivity contribution is 8.00. The Morgan fingerprint density at radius 1 is 1.21 bits per heavy atom. The van der Waals surface area contributed by atoms with Crippen molar-refractivity contribution in [1.29, 1.82) is 0 Å². The van der Waals surface area contributed by atoms with Crippen molar-refractivity contribution in [3.05, 3.63) is 34.8 Å². The summed E-state index contributed by atoms with van der Waals surface area (Å²) in [5, 5.41) is 12.8. The predicted molar refractivity (Wildman–Crippen MR) is 84.2 cm³/mol. The van der Waals surface area contributed by atoms with E-state index in [1.165, 1.54) is 11.3 Å². The minimum absolute atomic E-state index is 0.134. The Bertz CT molecular complexity index is 544. The molecule has 0 unspecified atom stereocenters. The molecular formula is C14H19N3S2. The van der Waals surface area contributed by atoms with Gasteiger partial charge in [0.15, 0.2) is 4.34 Å². The molecule has 3 nitrogen and oxygen atoms in total. The third-order valence-corrected chi connectivity index (χ3v) is 4.69. The van der Waals surface area contributed by atoms with Crippen molar-refractivity contribution in [3.8, 4) is 0 Å². The van der Waals surface area contributed by atoms with Gasteiger partial charge in [0.25, 0.3) is 0 Å². The van der Waals surface area contributed by atoms with E-state index in [-0.39, 0.29) is 5.41 Å². The fraction of sp³-hybridized carbons (Fsp3) is 0.429. The van der Waals surface area contributed by atoms with E-state index < -0.39 is 0 Å². The van der Waals surface area contributed by atoms with Crippen LogP contribution in [-0.2, 0) is 12.0 Å². The molecular weight excluding hydrogens is 274 g/mol. The highest BCUT2D eigenvalue weighted by Crippen LogP contribution is 2.29. The SMILES string of the molecule is CSc1nnc(CNc2ccccc2C(C)(C)C)s1. The van der Waals surface area contributed by atoms with E-state index in [1.54, 1.807) is 23.1 Å². The average Bonchev–Trinajstić information content (AvgIpc) is 2.83. The zero-order valence-corrected chi connectivity index (χ0v) is 13.4. The molecule has 1 heterocycles. The van der Waals surface area contributed by atoms with Gasteiger partial charge in [-0.25, -0.2) is 0 Å². The molecule has 0 fully saturated rings. The Balaban J connectivity index is 2.11. The first-order valence-electron chi connectivity index (χ1n) is 6.20. The van der Waals surface area contributed by atoms with Crippen molar-refractivity contribution in [3.63, 3.8) is 0 Å². The van der Waals surface area contributed by atoms with Crippen LogP contribution in [0, 0.1) is 0 Å². The molecule has 5 heteroatoms. The number of hydrogen-bond acceptors (Lipinski definition) is 5. The molecule has 0 amide bonds. The maximum absolute atomic E-state index is 4.18. The second-order valence-electron chi connectivity index (χ2n) is 5.31. The number of aromatic nitrogens is 2. The largest absolute Gasteiger partial charge is 0.378 e. The Morgan fingerprint density at radius 3 is 2.58 bits per heavy atom. The van der Waals surface area contributed by atoms with Crippen LogP contribution >= 0.6 is 23.1 Å². The first kappa shape index (κ1) is 14.3. The average molecular weight is 293 g/mol. The number of nitrogens with one attached hydrogen (secondary N) is 1. The molecule has 1 aromatic carbocycles. The highest BCUT2D eigenvalue weighted by Gasteiger charge is 2.17. The summed E-state index contributed by atoms with van der Waals surface area (Å²) < 4.78 is 1.01. The van der Waals surface area contributed by atoms with Crippen molar-refractivity contribution in [2.75, 3.05) is 11.6 Å². The summed E-state index contributed by atoms with van der Waals surface area (Å²) in [4.78, 5) is 0. The lowest BCUT2D eigenvalue weighted by molar-refractivity contribution is 0.591. The van der Waals surface area contributed by atoms with Crippen LogP contribution in [0.15, 0.2) is 28.6 Å². The fourth-order valence-corrected chi connectivity index (χ4v) is 3.11. The summed E-state index contributed by atoms with van der Waals surface area (Å²) in [7, 11) is 0. The molecule has 0 radical (unpaired) electrons. The third kappa shape index (κ3) is 3.70. The van der Waals surface area contributed by atoms with Crippen molar-refractivity contribution < 1.29 is 0 Å². The molecule has 19 heavy (non-hydrogen) atoms. The standard InChI is InChI=1S/C14H19N3S2/c1-14(2,3)10-7-5-6-8-11(10)15-9-12-16-17-13(18-4)19-12/h5-8,15H,9H2,1-4H3. The summed E-state index contributed by atoms with van der Waals surface area (Å²) >= 11 is 3.28. The van der Waals surface area contributed by atoms with E-state index in [2.05, 4.69) is 60.6 Å². The topological polar surface area (TPSA) is 37.8 Å². The van der Waals surface area contributed by atoms with E-state index in [1.807, 2.05) is 6.26 Å². The Morgan fingerprint density at radius 2 is 1.95 bits per heavy atom. The van der Waals surface area contributed by atoms with E-state index in [0.717, 1.165) is 15.9 Å². The third-order valence-electron chi connectivity index (χ3n) is 2.79. The zero-order valence-electron chi connectivity index (χ0n) is 11.7. The van der Waals surface area contributed by atoms with Gasteiger partial charge in [-0.15, -0.1) is 10.2 Å². The molecule has 0 saturated carbocycles. The molecule has 0 spiro atoms. The number of hydrogen-bond donors (Lipinski definition) is 1. The molecule has 0 aliphatic heterocycles. The molecule has 102 valence electrons. The summed E-state index contributed by atoms with van der Waals surface area (Å²) in [6.07, 6.45) is 2.02. The number of nitrogens with zero attached hydrogens (tertiary/aromatic N) is 2. The molecule has 0 saturated heterocycles. The molecule has 0 aliphatic rings. The van der Waals surface area contributed by atoms with Crippen molar-refractivity contribution in [1.82, 2.24) is 10.2 Å². The summed E-state index contributed by atoms with van der Waals surface area (Å²) in [6.45, 7) is 7.41. The minimum Gasteiger partial charge on any atom is -0.378 e. The van der Waals surface area contributed by atoms with Gasteiger partial charge in [0.1, 0.15) is 5.01 Å². The number of para-hydroxylation sites is 1. The van der Waals surface area contributed by atoms with E-state index >= 15 is 0 Å². The zero-order chi connectivity index (χ0) is 13.9. The van der Waals surface area contributed by atoms with Crippen LogP contribution in [0.4, 0.5) is 5.69 Å². The van der Waals surface area contributed by atoms with Gasteiger partial charge in [-0.05, 0) is 23.3 Å². The molecule has 2 aromatic rings. The Kier molecular flexibility index (Phi) is 4.47. The van der Waals surface area contributed by atoms with Gasteiger partial charge in [-0.2, -0.15) is 0 Å². The maximum atomic E-state index is 4.18. The van der Waals surface area contributed by atoms with Crippen LogP contribution in [0.1, 0.15) is 31.3 Å². The number of thioether (sulfide) groups is 1. The summed E-state index contributed by atoms with van der Waals surface area (Å²) in [5.74, 6) is 0. The second-order valence-corrected chi connectivity index (χ2v) is 7.43. The van der Waals surface area contributed by atoms with E-state index in [4.69, 9.17) is 0 Å². The lowest BCUT2D eigenvalue weighted by Crippen LogP contribution is -2.14. The molecule has 1 N–H and O–H groups in total. The quantitative estimate of drug-likeness (QED) is 0.859. The lowest BCUT2D eigenvalue weighted by Gasteiger charge is -2.23. The lowest BCUT2D eigenvalue weighted by atomic mass is 9.86. The number of rotatable bonds is 4. The first-order valence-corrected chi connectivity index (χ1v) is 8.24. The van der Waals surface area contributed by atoms with Gasteiger partial charge in [0.2, 0.25) is 0 Å². The second kappa shape index (κ2) is 5.92. The van der Waals surface area contributed by atoms with Crippen LogP contribution in [-0.4, -0.2) is 16.5 Å². The van der Waals surface area contributed by atoms with Crippen LogP contribution in [0.5, 0.6) is 0 Å². The molecule has 1 aromatic heterocycles. The maximum Gasteiger partial charge on any atom is 0.174 e. The first-order chi connectivity index (χ1) is 9.00. The Labute approximate surface area is 122 Å². The van der Waals surface area contributed by atoms with E-state index in [9.17, 15) is 0 Å². The van der Waals surface area contributed by atoms with Crippen molar-refractivity contribution in [2.45, 2.75) is 37.1 Å². The van der Waals surface area contributed by atoms with Crippen LogP contribution < -0.4 is 5.32 Å². The Hall–Kier alpha value is -1.07. The van der Waals surface area contributed by atoms with E-state index in [0.29, 0.717) is 0 Å². The highest BCUT2D eigenvalue weighted by atomic mass is 32.2. The van der Waals surface area contributed by atoms with Crippen molar-refractivity contribution >= 4 is 28.8 Å². The van der Waals surface area contributed by atoms with Gasteiger partial charge in [-0.3, -0.25) is 0 Å². The predicted octanol–water partition coefficient (Wildman–Crippen LogP) is 4.17. The summed E-state index contributed by atoms with van der Waals surface area (Å²) in [5.41, 5.74) is 2.63. The van der Waals surface area contributed by atoms with Crippen molar-refractivity contribution in [2.24, 2.45) is 0 Å². The van der Waals surface area contributed by atoms with Gasteiger partial charge < -0.3 is 5.32 Å². The number of benzene rings is 1. The van der Waals surface area contributed by atoms with Gasteiger partial charge in [0.05, 0.1) is 6.54 Å². The molecule has 0 bridgehead atoms. The van der Waals surface area contributed by atoms with Gasteiger partial charge in [-0.1, -0.05) is 62.1 Å². The van der Waals surface area contributed by atoms with Crippen LogP contribution in [0.2, 0.25) is 0 Å².